The molecule has 3 N–H and O–H groups in total. The Morgan fingerprint density at radius 1 is 1.30 bits per heavy atom. The third-order valence-corrected chi connectivity index (χ3v) is 3.50. The third kappa shape index (κ3) is 2.91. The Morgan fingerprint density at radius 2 is 2.05 bits per heavy atom. The van der Waals surface area contributed by atoms with Crippen molar-refractivity contribution in [1.82, 2.24) is 15.2 Å². The van der Waals surface area contributed by atoms with Crippen LogP contribution in [0, 0.1) is 20.8 Å². The van der Waals surface area contributed by atoms with E-state index in [1.807, 2.05) is 33.0 Å². The lowest BCUT2D eigenvalue weighted by Crippen LogP contribution is -2.18. The van der Waals surface area contributed by atoms with E-state index in [2.05, 4.69) is 20.5 Å². The van der Waals surface area contributed by atoms with E-state index in [-0.39, 0.29) is 0 Å². The maximum atomic E-state index is 5.79. The Balaban J connectivity index is 2.29. The van der Waals surface area contributed by atoms with Gasteiger partial charge in [0, 0.05) is 18.9 Å². The lowest BCUT2D eigenvalue weighted by atomic mass is 10.1. The summed E-state index contributed by atoms with van der Waals surface area (Å²) in [6.07, 6.45) is 3.60. The molecule has 0 saturated carbocycles. The molecular weight excluding hydrogens is 270 g/mol. The van der Waals surface area contributed by atoms with E-state index >= 15 is 0 Å². The highest BCUT2D eigenvalue weighted by Gasteiger charge is 2.13. The third-order valence-electron chi connectivity index (χ3n) is 3.29. The van der Waals surface area contributed by atoms with Crippen molar-refractivity contribution < 1.29 is 0 Å². The molecule has 0 saturated heterocycles. The Hall–Kier alpha value is -2.08. The zero-order valence-corrected chi connectivity index (χ0v) is 12.6. The van der Waals surface area contributed by atoms with Gasteiger partial charge in [-0.2, -0.15) is 5.10 Å². The molecule has 2 heterocycles. The largest absolute Gasteiger partial charge is 0.389 e. The fraction of sp³-hybridized carbons (Fsp3) is 0.286. The normalized spacial score (nSPS) is 10.3. The van der Waals surface area contributed by atoms with E-state index < -0.39 is 0 Å². The lowest BCUT2D eigenvalue weighted by molar-refractivity contribution is 0.939. The van der Waals surface area contributed by atoms with Gasteiger partial charge in [-0.15, -0.1) is 5.10 Å². The first kappa shape index (κ1) is 14.3. The molecule has 5 nitrogen and oxygen atoms in total. The number of nitrogens with two attached hydrogens (primary N) is 1. The summed E-state index contributed by atoms with van der Waals surface area (Å²) in [4.78, 5) is 4.45. The highest BCUT2D eigenvalue weighted by molar-refractivity contribution is 7.80. The average Bonchev–Trinajstić information content (AvgIpc) is 2.41. The van der Waals surface area contributed by atoms with Gasteiger partial charge in [-0.25, -0.2) is 0 Å². The maximum Gasteiger partial charge on any atom is 0.159 e. The topological polar surface area (TPSA) is 76.7 Å². The smallest absolute Gasteiger partial charge is 0.159 e. The summed E-state index contributed by atoms with van der Waals surface area (Å²) in [6.45, 7) is 6.48. The van der Waals surface area contributed by atoms with E-state index in [4.69, 9.17) is 18.0 Å². The Kier molecular flexibility index (Phi) is 4.24. The van der Waals surface area contributed by atoms with Gasteiger partial charge in [-0.05, 0) is 43.5 Å². The van der Waals surface area contributed by atoms with Gasteiger partial charge >= 0.3 is 0 Å². The number of rotatable bonds is 4. The summed E-state index contributed by atoms with van der Waals surface area (Å²) in [5.74, 6) is 0.615. The summed E-state index contributed by atoms with van der Waals surface area (Å²) >= 11 is 5.11. The average molecular weight is 287 g/mol. The first-order chi connectivity index (χ1) is 9.50. The van der Waals surface area contributed by atoms with Crippen LogP contribution in [0.15, 0.2) is 18.5 Å². The molecule has 2 rings (SSSR count). The van der Waals surface area contributed by atoms with Crippen LogP contribution in [0.2, 0.25) is 0 Å². The Morgan fingerprint density at radius 3 is 2.70 bits per heavy atom. The zero-order valence-electron chi connectivity index (χ0n) is 11.8. The van der Waals surface area contributed by atoms with Crippen molar-refractivity contribution in [1.29, 1.82) is 0 Å². The molecule has 0 fully saturated rings. The van der Waals surface area contributed by atoms with Crippen molar-refractivity contribution in [2.75, 3.05) is 5.32 Å². The fourth-order valence-corrected chi connectivity index (χ4v) is 2.14. The van der Waals surface area contributed by atoms with Crippen LogP contribution in [0.1, 0.15) is 27.9 Å². The number of hydrogen-bond acceptors (Lipinski definition) is 5. The molecule has 0 bridgehead atoms. The van der Waals surface area contributed by atoms with Crippen LogP contribution < -0.4 is 11.1 Å². The molecule has 20 heavy (non-hydrogen) atoms. The molecule has 0 aliphatic carbocycles. The van der Waals surface area contributed by atoms with E-state index in [9.17, 15) is 0 Å². The molecule has 2 aromatic heterocycles. The van der Waals surface area contributed by atoms with Crippen molar-refractivity contribution in [2.24, 2.45) is 5.73 Å². The first-order valence-corrected chi connectivity index (χ1v) is 6.68. The molecule has 0 aliphatic rings. The molecule has 0 unspecified atom stereocenters. The molecule has 0 radical (unpaired) electrons. The van der Waals surface area contributed by atoms with Crippen LogP contribution in [-0.2, 0) is 6.54 Å². The van der Waals surface area contributed by atoms with Crippen molar-refractivity contribution in [3.8, 4) is 0 Å². The van der Waals surface area contributed by atoms with Gasteiger partial charge in [0.05, 0.1) is 11.3 Å². The van der Waals surface area contributed by atoms with Gasteiger partial charge < -0.3 is 11.1 Å². The minimum Gasteiger partial charge on any atom is -0.389 e. The fourth-order valence-electron chi connectivity index (χ4n) is 1.89. The monoisotopic (exact) mass is 287 g/mol. The van der Waals surface area contributed by atoms with E-state index in [0.717, 1.165) is 22.4 Å². The molecule has 0 aliphatic heterocycles. The number of anilines is 1. The molecule has 104 valence electrons. The van der Waals surface area contributed by atoms with E-state index in [1.165, 1.54) is 5.56 Å². The minimum atomic E-state index is 0.325. The predicted molar refractivity (Wildman–Crippen MR) is 83.7 cm³/mol. The van der Waals surface area contributed by atoms with Crippen molar-refractivity contribution in [2.45, 2.75) is 27.3 Å². The molecule has 0 aromatic carbocycles. The lowest BCUT2D eigenvalue weighted by Gasteiger charge is -2.13. The standard InChI is InChI=1S/C14H17N5S/c1-8-4-5-16-6-11(8)7-17-14-12(13(15)20)9(2)10(3)18-19-14/h4-6H,7H2,1-3H3,(H2,15,20)(H,17,19). The zero-order chi connectivity index (χ0) is 14.7. The van der Waals surface area contributed by atoms with Crippen LogP contribution in [0.5, 0.6) is 0 Å². The highest BCUT2D eigenvalue weighted by Crippen LogP contribution is 2.19. The van der Waals surface area contributed by atoms with Crippen molar-refractivity contribution in [3.05, 3.63) is 46.4 Å². The van der Waals surface area contributed by atoms with Crippen LogP contribution in [0.3, 0.4) is 0 Å². The number of pyridine rings is 1. The summed E-state index contributed by atoms with van der Waals surface area (Å²) in [5.41, 5.74) is 10.6. The minimum absolute atomic E-state index is 0.325. The predicted octanol–water partition coefficient (Wildman–Crippen LogP) is 2.04. The number of hydrogen-bond donors (Lipinski definition) is 2. The number of nitrogens with one attached hydrogen (secondary N) is 1. The van der Waals surface area contributed by atoms with Crippen molar-refractivity contribution >= 4 is 23.0 Å². The maximum absolute atomic E-state index is 5.79. The molecule has 2 aromatic rings. The number of aromatic nitrogens is 3. The molecule has 0 atom stereocenters. The second-order valence-electron chi connectivity index (χ2n) is 4.65. The molecule has 6 heteroatoms. The summed E-state index contributed by atoms with van der Waals surface area (Å²) < 4.78 is 0. The summed E-state index contributed by atoms with van der Waals surface area (Å²) in [5, 5.41) is 11.5. The van der Waals surface area contributed by atoms with Gasteiger partial charge in [-0.1, -0.05) is 12.2 Å². The van der Waals surface area contributed by atoms with E-state index in [1.54, 1.807) is 6.20 Å². The first-order valence-electron chi connectivity index (χ1n) is 6.27. The van der Waals surface area contributed by atoms with Gasteiger partial charge in [0.2, 0.25) is 0 Å². The highest BCUT2D eigenvalue weighted by atomic mass is 32.1. The SMILES string of the molecule is Cc1ccncc1CNc1nnc(C)c(C)c1C(N)=S. The molecule has 0 spiro atoms. The van der Waals surface area contributed by atoms with E-state index in [0.29, 0.717) is 17.4 Å². The van der Waals surface area contributed by atoms with Gasteiger partial charge in [0.15, 0.2) is 5.82 Å². The Labute approximate surface area is 123 Å². The molecular formula is C14H17N5S. The van der Waals surface area contributed by atoms with Crippen LogP contribution in [0.25, 0.3) is 0 Å². The van der Waals surface area contributed by atoms with Gasteiger partial charge in [0.25, 0.3) is 0 Å². The van der Waals surface area contributed by atoms with Gasteiger partial charge in [0.1, 0.15) is 4.99 Å². The number of thiocarbonyl (C=S) groups is 1. The van der Waals surface area contributed by atoms with Gasteiger partial charge in [-0.3, -0.25) is 4.98 Å². The van der Waals surface area contributed by atoms with Crippen LogP contribution in [-0.4, -0.2) is 20.2 Å². The second kappa shape index (κ2) is 5.92. The number of nitrogens with zero attached hydrogens (tertiary/aromatic N) is 3. The van der Waals surface area contributed by atoms with Crippen molar-refractivity contribution in [3.63, 3.8) is 0 Å². The number of aryl methyl sites for hydroxylation is 2. The quantitative estimate of drug-likeness (QED) is 0.838. The second-order valence-corrected chi connectivity index (χ2v) is 5.09. The summed E-state index contributed by atoms with van der Waals surface area (Å²) in [7, 11) is 0. The summed E-state index contributed by atoms with van der Waals surface area (Å²) in [6, 6.07) is 1.97. The van der Waals surface area contributed by atoms with Crippen LogP contribution >= 0.6 is 12.2 Å². The van der Waals surface area contributed by atoms with Crippen LogP contribution in [0.4, 0.5) is 5.82 Å². The molecule has 0 amide bonds. The Bertz CT molecular complexity index is 654.